The summed E-state index contributed by atoms with van der Waals surface area (Å²) in [5, 5.41) is 10.4. The van der Waals surface area contributed by atoms with Gasteiger partial charge in [0, 0.05) is 19.6 Å². The first-order chi connectivity index (χ1) is 11.9. The van der Waals surface area contributed by atoms with Crippen LogP contribution in [-0.4, -0.2) is 41.4 Å². The summed E-state index contributed by atoms with van der Waals surface area (Å²) in [7, 11) is 0. The van der Waals surface area contributed by atoms with Crippen molar-refractivity contribution >= 4 is 0 Å². The fourth-order valence-corrected chi connectivity index (χ4v) is 2.71. The summed E-state index contributed by atoms with van der Waals surface area (Å²) in [6.45, 7) is 8.74. The topological polar surface area (TPSA) is 32.7 Å². The molecule has 0 aliphatic rings. The minimum absolute atomic E-state index is 0.227. The molecular formula is C22H31NO2. The fourth-order valence-electron chi connectivity index (χ4n) is 2.71. The Labute approximate surface area is 152 Å². The van der Waals surface area contributed by atoms with Gasteiger partial charge in [0.2, 0.25) is 0 Å². The van der Waals surface area contributed by atoms with Crippen LogP contribution in [0.3, 0.4) is 0 Å². The molecule has 2 rings (SSSR count). The van der Waals surface area contributed by atoms with Crippen molar-refractivity contribution in [2.24, 2.45) is 0 Å². The maximum absolute atomic E-state index is 10.4. The molecule has 25 heavy (non-hydrogen) atoms. The van der Waals surface area contributed by atoms with Crippen LogP contribution in [0.5, 0.6) is 0 Å². The Morgan fingerprint density at radius 1 is 0.920 bits per heavy atom. The predicted octanol–water partition coefficient (Wildman–Crippen LogP) is 3.91. The normalized spacial score (nSPS) is 13.2. The number of ether oxygens (including phenoxy) is 1. The molecule has 3 nitrogen and oxygen atoms in total. The van der Waals surface area contributed by atoms with Gasteiger partial charge in [-0.25, -0.2) is 0 Å². The third-order valence-corrected chi connectivity index (χ3v) is 3.99. The summed E-state index contributed by atoms with van der Waals surface area (Å²) in [5.74, 6) is 0. The van der Waals surface area contributed by atoms with Gasteiger partial charge in [0.25, 0.3) is 0 Å². The number of hydrogen-bond donors (Lipinski definition) is 1. The molecule has 0 radical (unpaired) electrons. The Balaban J connectivity index is 1.93. The number of hydrogen-bond acceptors (Lipinski definition) is 3. The first kappa shape index (κ1) is 19.6. The molecule has 2 aromatic rings. The van der Waals surface area contributed by atoms with E-state index in [4.69, 9.17) is 4.74 Å². The van der Waals surface area contributed by atoms with Gasteiger partial charge in [-0.05, 0) is 38.3 Å². The van der Waals surface area contributed by atoms with Crippen molar-refractivity contribution < 1.29 is 9.84 Å². The molecule has 0 aliphatic heterocycles. The van der Waals surface area contributed by atoms with Crippen LogP contribution < -0.4 is 0 Å². The fraction of sp³-hybridized carbons (Fsp3) is 0.455. The van der Waals surface area contributed by atoms with E-state index in [-0.39, 0.29) is 5.60 Å². The molecule has 136 valence electrons. The molecule has 0 unspecified atom stereocenters. The van der Waals surface area contributed by atoms with Gasteiger partial charge >= 0.3 is 0 Å². The third kappa shape index (κ3) is 8.30. The summed E-state index contributed by atoms with van der Waals surface area (Å²) < 4.78 is 5.73. The van der Waals surface area contributed by atoms with E-state index in [1.807, 2.05) is 32.9 Å². The quantitative estimate of drug-likeness (QED) is 0.751. The number of nitrogens with zero attached hydrogens (tertiary/aromatic N) is 1. The monoisotopic (exact) mass is 341 g/mol. The van der Waals surface area contributed by atoms with Gasteiger partial charge in [0.1, 0.15) is 0 Å². The van der Waals surface area contributed by atoms with Crippen LogP contribution in [0.4, 0.5) is 0 Å². The second kappa shape index (κ2) is 9.71. The van der Waals surface area contributed by atoms with E-state index in [2.05, 4.69) is 53.4 Å². The Morgan fingerprint density at radius 3 is 2.04 bits per heavy atom. The summed E-state index contributed by atoms with van der Waals surface area (Å²) in [6.07, 6.45) is 0.485. The maximum Gasteiger partial charge on any atom is 0.0900 e. The molecule has 0 amide bonds. The Bertz CT molecular complexity index is 592. The lowest BCUT2D eigenvalue weighted by molar-refractivity contribution is -0.0566. The minimum Gasteiger partial charge on any atom is -0.389 e. The molecule has 0 heterocycles. The zero-order valence-corrected chi connectivity index (χ0v) is 15.7. The Kier molecular flexibility index (Phi) is 7.63. The van der Waals surface area contributed by atoms with Crippen LogP contribution in [0.2, 0.25) is 0 Å². The van der Waals surface area contributed by atoms with Crippen molar-refractivity contribution in [3.05, 3.63) is 71.8 Å². The molecule has 0 saturated carbocycles. The standard InChI is InChI=1S/C22H31NO2/c1-22(2,3)25-18-21(24)17-23(16-20-12-8-5-9-13-20)15-14-19-10-6-4-7-11-19/h4-13,21,24H,14-18H2,1-3H3/t21-/m0/s1. The smallest absolute Gasteiger partial charge is 0.0900 e. The van der Waals surface area contributed by atoms with E-state index in [9.17, 15) is 5.11 Å². The van der Waals surface area contributed by atoms with Gasteiger partial charge in [-0.15, -0.1) is 0 Å². The van der Waals surface area contributed by atoms with Crippen LogP contribution in [0.15, 0.2) is 60.7 Å². The van der Waals surface area contributed by atoms with E-state index < -0.39 is 6.10 Å². The maximum atomic E-state index is 10.4. The van der Waals surface area contributed by atoms with Crippen molar-refractivity contribution in [1.29, 1.82) is 0 Å². The number of rotatable bonds is 9. The van der Waals surface area contributed by atoms with E-state index in [0.717, 1.165) is 19.5 Å². The highest BCUT2D eigenvalue weighted by atomic mass is 16.5. The van der Waals surface area contributed by atoms with Crippen LogP contribution in [0.25, 0.3) is 0 Å². The number of aliphatic hydroxyl groups is 1. The van der Waals surface area contributed by atoms with E-state index in [0.29, 0.717) is 13.2 Å². The third-order valence-electron chi connectivity index (χ3n) is 3.99. The van der Waals surface area contributed by atoms with Crippen LogP contribution in [0, 0.1) is 0 Å². The van der Waals surface area contributed by atoms with Crippen LogP contribution in [-0.2, 0) is 17.7 Å². The molecular weight excluding hydrogens is 310 g/mol. The van der Waals surface area contributed by atoms with Crippen LogP contribution in [0.1, 0.15) is 31.9 Å². The van der Waals surface area contributed by atoms with Gasteiger partial charge < -0.3 is 9.84 Å². The van der Waals surface area contributed by atoms with Crippen LogP contribution >= 0.6 is 0 Å². The van der Waals surface area contributed by atoms with Crippen molar-refractivity contribution in [3.63, 3.8) is 0 Å². The van der Waals surface area contributed by atoms with Gasteiger partial charge in [-0.1, -0.05) is 60.7 Å². The lowest BCUT2D eigenvalue weighted by atomic mass is 10.1. The zero-order valence-electron chi connectivity index (χ0n) is 15.7. The highest BCUT2D eigenvalue weighted by Gasteiger charge is 2.17. The highest BCUT2D eigenvalue weighted by molar-refractivity contribution is 5.16. The molecule has 0 saturated heterocycles. The first-order valence-corrected chi connectivity index (χ1v) is 9.04. The molecule has 1 atom stereocenters. The largest absolute Gasteiger partial charge is 0.389 e. The van der Waals surface area contributed by atoms with E-state index >= 15 is 0 Å². The summed E-state index contributed by atoms with van der Waals surface area (Å²) in [6, 6.07) is 20.9. The average molecular weight is 341 g/mol. The van der Waals surface area contributed by atoms with Crippen molar-refractivity contribution in [2.45, 2.75) is 45.4 Å². The van der Waals surface area contributed by atoms with Gasteiger partial charge in [-0.3, -0.25) is 4.90 Å². The molecule has 0 aliphatic carbocycles. The molecule has 1 N–H and O–H groups in total. The number of benzene rings is 2. The summed E-state index contributed by atoms with van der Waals surface area (Å²) in [4.78, 5) is 2.30. The SMILES string of the molecule is CC(C)(C)OC[C@@H](O)CN(CCc1ccccc1)Cc1ccccc1. The minimum atomic E-state index is -0.487. The predicted molar refractivity (Wildman–Crippen MR) is 104 cm³/mol. The second-order valence-corrected chi connectivity index (χ2v) is 7.53. The lowest BCUT2D eigenvalue weighted by Gasteiger charge is -2.27. The summed E-state index contributed by atoms with van der Waals surface area (Å²) in [5.41, 5.74) is 2.36. The van der Waals surface area contributed by atoms with Gasteiger partial charge in [0.15, 0.2) is 0 Å². The molecule has 0 aromatic heterocycles. The molecule has 0 bridgehead atoms. The Hall–Kier alpha value is -1.68. The molecule has 0 fully saturated rings. The van der Waals surface area contributed by atoms with E-state index in [1.165, 1.54) is 11.1 Å². The molecule has 0 spiro atoms. The summed E-state index contributed by atoms with van der Waals surface area (Å²) >= 11 is 0. The molecule has 3 heteroatoms. The average Bonchev–Trinajstić information content (AvgIpc) is 2.59. The second-order valence-electron chi connectivity index (χ2n) is 7.53. The first-order valence-electron chi connectivity index (χ1n) is 9.04. The van der Waals surface area contributed by atoms with Gasteiger partial charge in [0.05, 0.1) is 18.3 Å². The van der Waals surface area contributed by atoms with E-state index in [1.54, 1.807) is 0 Å². The van der Waals surface area contributed by atoms with Crippen molar-refractivity contribution in [2.75, 3.05) is 19.7 Å². The lowest BCUT2D eigenvalue weighted by Crippen LogP contribution is -2.37. The zero-order chi connectivity index (χ0) is 18.1. The van der Waals surface area contributed by atoms with Gasteiger partial charge in [-0.2, -0.15) is 0 Å². The van der Waals surface area contributed by atoms with Crippen molar-refractivity contribution in [3.8, 4) is 0 Å². The molecule has 2 aromatic carbocycles. The van der Waals surface area contributed by atoms with Crippen molar-refractivity contribution in [1.82, 2.24) is 4.90 Å². The highest BCUT2D eigenvalue weighted by Crippen LogP contribution is 2.11. The number of aliphatic hydroxyl groups excluding tert-OH is 1. The Morgan fingerprint density at radius 2 is 1.48 bits per heavy atom.